The Labute approximate surface area is 89.8 Å². The van der Waals surface area contributed by atoms with Crippen LogP contribution in [0.2, 0.25) is 0 Å². The van der Waals surface area contributed by atoms with Gasteiger partial charge < -0.3 is 14.9 Å². The first-order valence-corrected chi connectivity index (χ1v) is 4.11. The quantitative estimate of drug-likeness (QED) is 0.640. The van der Waals surface area contributed by atoms with Crippen molar-refractivity contribution in [2.24, 2.45) is 0 Å². The van der Waals surface area contributed by atoms with Crippen LogP contribution in [-0.2, 0) is 9.53 Å². The summed E-state index contributed by atoms with van der Waals surface area (Å²) in [5.41, 5.74) is 0. The second kappa shape index (κ2) is 3.56. The van der Waals surface area contributed by atoms with Crippen molar-refractivity contribution < 1.29 is 46.1 Å². The first-order valence-electron chi connectivity index (χ1n) is 4.11. The van der Waals surface area contributed by atoms with Crippen LogP contribution in [0, 0.1) is 0 Å². The van der Waals surface area contributed by atoms with Crippen molar-refractivity contribution in [1.29, 1.82) is 0 Å². The van der Waals surface area contributed by atoms with E-state index in [0.29, 0.717) is 0 Å². The van der Waals surface area contributed by atoms with Crippen molar-refractivity contribution >= 4 is 5.78 Å². The smallest absolute Gasteiger partial charge is 0.358 e. The molecule has 1 heterocycles. The lowest BCUT2D eigenvalue weighted by atomic mass is 9.96. The minimum Gasteiger partial charge on any atom is -0.358 e. The summed E-state index contributed by atoms with van der Waals surface area (Å²) in [6.07, 6.45) is -14.7. The molecule has 0 aromatic heterocycles. The van der Waals surface area contributed by atoms with Crippen LogP contribution < -0.4 is 0 Å². The first kappa shape index (κ1) is 14.2. The largest absolute Gasteiger partial charge is 0.443 e. The molecule has 0 spiro atoms. The molecular weight excluding hydrogens is 262 g/mol. The molecule has 17 heavy (non-hydrogen) atoms. The molecule has 0 amide bonds. The average Bonchev–Trinajstić information content (AvgIpc) is 1.96. The van der Waals surface area contributed by atoms with E-state index < -0.39 is 42.6 Å². The fourth-order valence-corrected chi connectivity index (χ4v) is 1.26. The summed E-state index contributed by atoms with van der Waals surface area (Å²) in [5.74, 6) is -10.3. The summed E-state index contributed by atoms with van der Waals surface area (Å²) in [4.78, 5) is 10.8. The summed E-state index contributed by atoms with van der Waals surface area (Å²) in [7, 11) is 0. The molecule has 2 unspecified atom stereocenters. The Hall–Kier alpha value is -0.870. The molecule has 10 heteroatoms. The van der Waals surface area contributed by atoms with Gasteiger partial charge in [-0.3, -0.25) is 4.79 Å². The van der Waals surface area contributed by atoms with Crippen molar-refractivity contribution in [1.82, 2.24) is 0 Å². The van der Waals surface area contributed by atoms with Gasteiger partial charge in [-0.15, -0.1) is 0 Å². The lowest BCUT2D eigenvalue weighted by Gasteiger charge is -2.42. The van der Waals surface area contributed by atoms with Gasteiger partial charge in [-0.1, -0.05) is 0 Å². The van der Waals surface area contributed by atoms with E-state index in [2.05, 4.69) is 4.74 Å². The van der Waals surface area contributed by atoms with Crippen LogP contribution in [0.25, 0.3) is 0 Å². The standard InChI is InChI=1S/C7H6F6O4/c8-6(9,10)4(15)1-3(14)2-5(16,17-4)7(11,12)13/h15-16H,1-2H2. The van der Waals surface area contributed by atoms with Gasteiger partial charge in [0.05, 0.1) is 12.8 Å². The number of ketones is 1. The highest BCUT2D eigenvalue weighted by molar-refractivity contribution is 5.81. The molecule has 4 nitrogen and oxygen atoms in total. The third-order valence-electron chi connectivity index (χ3n) is 2.10. The van der Waals surface area contributed by atoms with Gasteiger partial charge in [-0.2, -0.15) is 26.3 Å². The molecule has 1 fully saturated rings. The highest BCUT2D eigenvalue weighted by Gasteiger charge is 2.69. The van der Waals surface area contributed by atoms with E-state index in [0.717, 1.165) is 0 Å². The number of ether oxygens (including phenoxy) is 1. The summed E-state index contributed by atoms with van der Waals surface area (Å²) < 4.78 is 76.6. The van der Waals surface area contributed by atoms with E-state index >= 15 is 0 Å². The number of aliphatic hydroxyl groups is 2. The summed E-state index contributed by atoms with van der Waals surface area (Å²) in [6, 6.07) is 0. The zero-order valence-corrected chi connectivity index (χ0v) is 7.89. The van der Waals surface area contributed by atoms with Crippen LogP contribution in [-0.4, -0.2) is 39.9 Å². The van der Waals surface area contributed by atoms with E-state index in [1.54, 1.807) is 0 Å². The second-order valence-corrected chi connectivity index (χ2v) is 3.56. The van der Waals surface area contributed by atoms with Crippen LogP contribution in [0.3, 0.4) is 0 Å². The SMILES string of the molecule is O=C1CC(O)(C(F)(F)F)OC(O)(C(F)(F)F)C1. The molecule has 2 N–H and O–H groups in total. The molecule has 2 atom stereocenters. The third-order valence-corrected chi connectivity index (χ3v) is 2.10. The third kappa shape index (κ3) is 2.38. The fourth-order valence-electron chi connectivity index (χ4n) is 1.26. The summed E-state index contributed by atoms with van der Waals surface area (Å²) in [6.45, 7) is 0. The molecule has 1 aliphatic heterocycles. The van der Waals surface area contributed by atoms with Gasteiger partial charge in [0.1, 0.15) is 5.78 Å². The maximum absolute atomic E-state index is 12.2. The maximum Gasteiger partial charge on any atom is 0.443 e. The van der Waals surface area contributed by atoms with E-state index in [4.69, 9.17) is 10.2 Å². The fraction of sp³-hybridized carbons (Fsp3) is 0.857. The van der Waals surface area contributed by atoms with Gasteiger partial charge in [0.2, 0.25) is 0 Å². The highest BCUT2D eigenvalue weighted by atomic mass is 19.4. The molecule has 0 aromatic rings. The molecule has 0 radical (unpaired) electrons. The Morgan fingerprint density at radius 1 is 0.941 bits per heavy atom. The number of alkyl halides is 6. The number of carbonyl (C=O) groups excluding carboxylic acids is 1. The van der Waals surface area contributed by atoms with E-state index in [1.807, 2.05) is 0 Å². The molecule has 0 saturated carbocycles. The number of hydrogen-bond donors (Lipinski definition) is 2. The van der Waals surface area contributed by atoms with Gasteiger partial charge in [-0.05, 0) is 0 Å². The van der Waals surface area contributed by atoms with Crippen molar-refractivity contribution in [3.63, 3.8) is 0 Å². The normalized spacial score (nSPS) is 36.1. The summed E-state index contributed by atoms with van der Waals surface area (Å²) in [5, 5.41) is 17.7. The van der Waals surface area contributed by atoms with Gasteiger partial charge in [0.15, 0.2) is 0 Å². The Morgan fingerprint density at radius 3 is 1.47 bits per heavy atom. The lowest BCUT2D eigenvalue weighted by molar-refractivity contribution is -0.475. The zero-order valence-electron chi connectivity index (χ0n) is 7.89. The van der Waals surface area contributed by atoms with E-state index in [1.165, 1.54) is 0 Å². The molecule has 0 aliphatic carbocycles. The topological polar surface area (TPSA) is 66.8 Å². The monoisotopic (exact) mass is 268 g/mol. The first-order chi connectivity index (χ1) is 7.31. The highest BCUT2D eigenvalue weighted by Crippen LogP contribution is 2.46. The van der Waals surface area contributed by atoms with Crippen LogP contribution in [0.5, 0.6) is 0 Å². The van der Waals surface area contributed by atoms with Crippen LogP contribution in [0.15, 0.2) is 0 Å². The predicted molar refractivity (Wildman–Crippen MR) is 37.3 cm³/mol. The molecule has 1 aliphatic rings. The van der Waals surface area contributed by atoms with Crippen LogP contribution in [0.1, 0.15) is 12.8 Å². The Balaban J connectivity index is 3.14. The van der Waals surface area contributed by atoms with Crippen molar-refractivity contribution in [3.05, 3.63) is 0 Å². The zero-order chi connectivity index (χ0) is 13.7. The Bertz CT molecular complexity index is 306. The van der Waals surface area contributed by atoms with Crippen molar-refractivity contribution in [3.8, 4) is 0 Å². The molecule has 100 valence electrons. The number of rotatable bonds is 0. The van der Waals surface area contributed by atoms with Gasteiger partial charge in [-0.25, -0.2) is 0 Å². The molecule has 1 saturated heterocycles. The number of hydrogen-bond acceptors (Lipinski definition) is 4. The number of Topliss-reactive ketones (excluding diaryl/α,β-unsaturated/α-hetero) is 1. The predicted octanol–water partition coefficient (Wildman–Crippen LogP) is 0.868. The lowest BCUT2D eigenvalue weighted by Crippen LogP contribution is -2.64. The molecule has 1 rings (SSSR count). The van der Waals surface area contributed by atoms with Crippen molar-refractivity contribution in [2.45, 2.75) is 36.8 Å². The molecular formula is C7H6F6O4. The van der Waals surface area contributed by atoms with Gasteiger partial charge >= 0.3 is 12.4 Å². The van der Waals surface area contributed by atoms with E-state index in [9.17, 15) is 31.1 Å². The average molecular weight is 268 g/mol. The van der Waals surface area contributed by atoms with Gasteiger partial charge in [0, 0.05) is 0 Å². The molecule has 0 aromatic carbocycles. The number of halogens is 6. The van der Waals surface area contributed by atoms with E-state index in [-0.39, 0.29) is 0 Å². The van der Waals surface area contributed by atoms with Crippen LogP contribution >= 0.6 is 0 Å². The summed E-state index contributed by atoms with van der Waals surface area (Å²) >= 11 is 0. The Kier molecular flexibility index (Phi) is 2.97. The molecule has 0 bridgehead atoms. The Morgan fingerprint density at radius 2 is 1.24 bits per heavy atom. The van der Waals surface area contributed by atoms with Crippen LogP contribution in [0.4, 0.5) is 26.3 Å². The van der Waals surface area contributed by atoms with Crippen molar-refractivity contribution in [2.75, 3.05) is 0 Å². The van der Waals surface area contributed by atoms with Gasteiger partial charge in [0.25, 0.3) is 11.6 Å². The number of carbonyl (C=O) groups is 1. The minimum atomic E-state index is -5.64. The maximum atomic E-state index is 12.2. The minimum absolute atomic E-state index is 1.61. The second-order valence-electron chi connectivity index (χ2n) is 3.56.